The van der Waals surface area contributed by atoms with Gasteiger partial charge in [0.2, 0.25) is 0 Å². The summed E-state index contributed by atoms with van der Waals surface area (Å²) in [5, 5.41) is 0.535. The third-order valence-corrected chi connectivity index (χ3v) is 6.10. The fourth-order valence-corrected chi connectivity index (χ4v) is 4.70. The predicted molar refractivity (Wildman–Crippen MR) is 103 cm³/mol. The van der Waals surface area contributed by atoms with E-state index < -0.39 is 0 Å². The highest BCUT2D eigenvalue weighted by Gasteiger charge is 2.30. The monoisotopic (exact) mass is 485 g/mol. The van der Waals surface area contributed by atoms with Crippen LogP contribution in [0.25, 0.3) is 4.48 Å². The quantitative estimate of drug-likeness (QED) is 0.333. The van der Waals surface area contributed by atoms with E-state index in [9.17, 15) is 9.59 Å². The zero-order valence-electron chi connectivity index (χ0n) is 13.2. The summed E-state index contributed by atoms with van der Waals surface area (Å²) >= 11 is 7.99. The number of fused-ring (bicyclic) bond motifs is 1. The molecule has 25 heavy (non-hydrogen) atoms. The second-order valence-electron chi connectivity index (χ2n) is 5.17. The van der Waals surface area contributed by atoms with Crippen LogP contribution in [-0.2, 0) is 16.0 Å². The van der Waals surface area contributed by atoms with E-state index in [0.29, 0.717) is 49.8 Å². The van der Waals surface area contributed by atoms with Gasteiger partial charge in [-0.05, 0) is 69.3 Å². The zero-order chi connectivity index (χ0) is 18.0. The molecule has 0 spiro atoms. The fourth-order valence-electron chi connectivity index (χ4n) is 2.51. The molecule has 1 aliphatic rings. The number of allylic oxidation sites excluding steroid dienone is 1. The van der Waals surface area contributed by atoms with E-state index in [1.54, 1.807) is 25.3 Å². The molecule has 8 heteroatoms. The molecule has 0 atom stereocenters. The number of hydrogen-bond acceptors (Lipinski definition) is 6. The van der Waals surface area contributed by atoms with Crippen molar-refractivity contribution in [3.05, 3.63) is 44.5 Å². The summed E-state index contributed by atoms with van der Waals surface area (Å²) < 4.78 is 12.5. The number of aldehydes is 1. The summed E-state index contributed by atoms with van der Waals surface area (Å²) in [6.07, 6.45) is 3.58. The van der Waals surface area contributed by atoms with Gasteiger partial charge in [-0.15, -0.1) is 0 Å². The Bertz CT molecular complexity index is 858. The molecule has 0 fully saturated rings. The molecule has 0 radical (unpaired) electrons. The van der Waals surface area contributed by atoms with Crippen molar-refractivity contribution < 1.29 is 19.1 Å². The Kier molecular flexibility index (Phi) is 5.71. The van der Waals surface area contributed by atoms with Crippen molar-refractivity contribution in [2.75, 3.05) is 6.61 Å². The molecule has 0 unspecified atom stereocenters. The van der Waals surface area contributed by atoms with Crippen LogP contribution >= 0.6 is 43.2 Å². The van der Waals surface area contributed by atoms with Crippen LogP contribution in [0.15, 0.2) is 28.5 Å². The number of rotatable bonds is 5. The molecular formula is C17H13Br2NO4S. The van der Waals surface area contributed by atoms with Crippen LogP contribution in [0.3, 0.4) is 0 Å². The first-order valence-corrected chi connectivity index (χ1v) is 9.91. The van der Waals surface area contributed by atoms with Crippen LogP contribution in [-0.4, -0.2) is 23.8 Å². The lowest BCUT2D eigenvalue weighted by molar-refractivity contribution is -0.105. The van der Waals surface area contributed by atoms with Gasteiger partial charge < -0.3 is 9.47 Å². The van der Waals surface area contributed by atoms with E-state index in [-0.39, 0.29) is 5.97 Å². The first kappa shape index (κ1) is 18.3. The van der Waals surface area contributed by atoms with Crippen LogP contribution in [0.4, 0.5) is 0 Å². The van der Waals surface area contributed by atoms with Crippen molar-refractivity contribution in [1.29, 1.82) is 0 Å². The lowest BCUT2D eigenvalue weighted by atomic mass is 9.94. The van der Waals surface area contributed by atoms with Gasteiger partial charge in [0.05, 0.1) is 12.8 Å². The van der Waals surface area contributed by atoms with Crippen molar-refractivity contribution in [2.45, 2.75) is 19.8 Å². The maximum atomic E-state index is 12.3. The lowest BCUT2D eigenvalue weighted by Gasteiger charge is -2.15. The number of nitrogens with zero attached hydrogens (tertiary/aromatic N) is 1. The predicted octanol–water partition coefficient (Wildman–Crippen LogP) is 5.13. The standard InChI is InChI=1S/C17H13Br2NO4S/c1-2-23-16(22)15-11-5-3-9(8-21)14(19)13(11)17(25-15)24-10-4-6-12(18)20-7-10/h4,6-8H,2-3,5H2,1H3. The first-order valence-electron chi connectivity index (χ1n) is 7.51. The normalized spacial score (nSPS) is 13.4. The molecule has 0 aliphatic heterocycles. The molecule has 2 aromatic heterocycles. The number of esters is 1. The number of thiophene rings is 1. The SMILES string of the molecule is CCOC(=O)c1sc(Oc2ccc(Br)nc2)c2c1CCC(C=O)=C2Br. The van der Waals surface area contributed by atoms with Crippen molar-refractivity contribution in [2.24, 2.45) is 0 Å². The highest BCUT2D eigenvalue weighted by molar-refractivity contribution is 9.15. The molecule has 0 saturated carbocycles. The second-order valence-corrected chi connectivity index (χ2v) is 7.76. The number of carbonyl (C=O) groups excluding carboxylic acids is 2. The summed E-state index contributed by atoms with van der Waals surface area (Å²) in [7, 11) is 0. The van der Waals surface area contributed by atoms with Gasteiger partial charge in [0, 0.05) is 15.6 Å². The first-order chi connectivity index (χ1) is 12.0. The van der Waals surface area contributed by atoms with Gasteiger partial charge in [-0.25, -0.2) is 9.78 Å². The van der Waals surface area contributed by atoms with Gasteiger partial charge in [0.25, 0.3) is 0 Å². The molecule has 1 aliphatic carbocycles. The van der Waals surface area contributed by atoms with E-state index in [0.717, 1.165) is 17.4 Å². The highest BCUT2D eigenvalue weighted by Crippen LogP contribution is 2.48. The maximum Gasteiger partial charge on any atom is 0.348 e. The van der Waals surface area contributed by atoms with Crippen LogP contribution in [0.1, 0.15) is 34.1 Å². The molecular weight excluding hydrogens is 474 g/mol. The van der Waals surface area contributed by atoms with E-state index >= 15 is 0 Å². The van der Waals surface area contributed by atoms with Crippen LogP contribution < -0.4 is 4.74 Å². The molecule has 0 bridgehead atoms. The van der Waals surface area contributed by atoms with Crippen molar-refractivity contribution in [3.63, 3.8) is 0 Å². The third kappa shape index (κ3) is 3.70. The van der Waals surface area contributed by atoms with E-state index in [2.05, 4.69) is 36.8 Å². The lowest BCUT2D eigenvalue weighted by Crippen LogP contribution is -2.09. The Morgan fingerprint density at radius 2 is 2.16 bits per heavy atom. The van der Waals surface area contributed by atoms with Gasteiger partial charge >= 0.3 is 5.97 Å². The fraction of sp³-hybridized carbons (Fsp3) is 0.235. The van der Waals surface area contributed by atoms with E-state index in [1.807, 2.05) is 0 Å². The summed E-state index contributed by atoms with van der Waals surface area (Å²) in [4.78, 5) is 28.2. The zero-order valence-corrected chi connectivity index (χ0v) is 17.2. The summed E-state index contributed by atoms with van der Waals surface area (Å²) in [6, 6.07) is 3.54. The van der Waals surface area contributed by atoms with Gasteiger partial charge in [0.15, 0.2) is 5.06 Å². The Labute approximate surface area is 165 Å². The summed E-state index contributed by atoms with van der Waals surface area (Å²) in [5.74, 6) is 0.170. The van der Waals surface area contributed by atoms with Gasteiger partial charge in [-0.3, -0.25) is 4.79 Å². The average molecular weight is 487 g/mol. The van der Waals surface area contributed by atoms with Crippen LogP contribution in [0.2, 0.25) is 0 Å². The van der Waals surface area contributed by atoms with Crippen molar-refractivity contribution in [1.82, 2.24) is 4.98 Å². The summed E-state index contributed by atoms with van der Waals surface area (Å²) in [6.45, 7) is 2.07. The van der Waals surface area contributed by atoms with E-state index in [4.69, 9.17) is 9.47 Å². The Morgan fingerprint density at radius 1 is 1.36 bits per heavy atom. The van der Waals surface area contributed by atoms with E-state index in [1.165, 1.54) is 11.3 Å². The molecule has 3 rings (SSSR count). The molecule has 130 valence electrons. The summed E-state index contributed by atoms with van der Waals surface area (Å²) in [5.41, 5.74) is 2.24. The van der Waals surface area contributed by atoms with Crippen molar-refractivity contribution in [3.8, 4) is 10.8 Å². The Balaban J connectivity index is 2.08. The minimum absolute atomic E-state index is 0.301. The molecule has 2 heterocycles. The molecule has 0 aromatic carbocycles. The number of ether oxygens (including phenoxy) is 2. The second kappa shape index (κ2) is 7.80. The highest BCUT2D eigenvalue weighted by atomic mass is 79.9. The van der Waals surface area contributed by atoms with Gasteiger partial charge in [0.1, 0.15) is 21.5 Å². The smallest absolute Gasteiger partial charge is 0.348 e. The molecule has 0 amide bonds. The Hall–Kier alpha value is -1.51. The maximum absolute atomic E-state index is 12.3. The van der Waals surface area contributed by atoms with Crippen LogP contribution in [0, 0.1) is 0 Å². The minimum Gasteiger partial charge on any atom is -0.462 e. The number of pyridine rings is 1. The molecule has 5 nitrogen and oxygen atoms in total. The third-order valence-electron chi connectivity index (χ3n) is 3.63. The Morgan fingerprint density at radius 3 is 2.80 bits per heavy atom. The van der Waals surface area contributed by atoms with Crippen molar-refractivity contribution >= 4 is 59.9 Å². The minimum atomic E-state index is -0.373. The topological polar surface area (TPSA) is 65.5 Å². The average Bonchev–Trinajstić information content (AvgIpc) is 2.97. The number of halogens is 2. The van der Waals surface area contributed by atoms with Gasteiger partial charge in [-0.2, -0.15) is 0 Å². The number of aromatic nitrogens is 1. The molecule has 0 saturated heterocycles. The van der Waals surface area contributed by atoms with Gasteiger partial charge in [-0.1, -0.05) is 11.3 Å². The largest absolute Gasteiger partial charge is 0.462 e. The molecule has 0 N–H and O–H groups in total. The number of hydrogen-bond donors (Lipinski definition) is 0. The van der Waals surface area contributed by atoms with Crippen LogP contribution in [0.5, 0.6) is 10.8 Å². The number of carbonyl (C=O) groups is 2. The molecule has 2 aromatic rings.